The van der Waals surface area contributed by atoms with Crippen LogP contribution in [0, 0.1) is 52.3 Å². The standard InChI is InChI=1S/C30H24N2/c31-17-21-5-1-3-7-23(21)25-13-9-19-12-16-28-26(24-8-4-2-6-22(24)18-32)14-10-20-11-15-27(25)29(19)30(20)28/h1-6,9-13,15-16,19,23-24,26,29H,7-8,14H2. The van der Waals surface area contributed by atoms with Gasteiger partial charge in [-0.1, -0.05) is 66.8 Å². The first-order valence-electron chi connectivity index (χ1n) is 11.6. The summed E-state index contributed by atoms with van der Waals surface area (Å²) in [5, 5.41) is 19.5. The van der Waals surface area contributed by atoms with Crippen molar-refractivity contribution in [2.75, 3.05) is 0 Å². The van der Waals surface area contributed by atoms with Gasteiger partial charge >= 0.3 is 0 Å². The number of allylic oxidation sites excluding steroid dienone is 20. The second-order valence-corrected chi connectivity index (χ2v) is 9.34. The fourth-order valence-corrected chi connectivity index (χ4v) is 6.40. The summed E-state index contributed by atoms with van der Waals surface area (Å²) in [6, 6.07) is 4.90. The number of nitrogens with zero attached hydrogens (tertiary/aromatic N) is 2. The molecule has 2 nitrogen and oxygen atoms in total. The molecule has 6 aliphatic carbocycles. The van der Waals surface area contributed by atoms with Crippen LogP contribution in [-0.2, 0) is 0 Å². The van der Waals surface area contributed by atoms with Crippen LogP contribution >= 0.6 is 0 Å². The molecule has 5 atom stereocenters. The highest BCUT2D eigenvalue weighted by Crippen LogP contribution is 2.53. The smallest absolute Gasteiger partial charge is 0.0953 e. The maximum atomic E-state index is 9.74. The number of nitriles is 2. The van der Waals surface area contributed by atoms with Gasteiger partial charge < -0.3 is 0 Å². The molecule has 0 radical (unpaired) electrons. The van der Waals surface area contributed by atoms with Gasteiger partial charge in [0.1, 0.15) is 0 Å². The van der Waals surface area contributed by atoms with Gasteiger partial charge in [0.15, 0.2) is 0 Å². The average Bonchev–Trinajstić information content (AvgIpc) is 2.87. The molecule has 0 heterocycles. The van der Waals surface area contributed by atoms with Crippen LogP contribution in [0.4, 0.5) is 0 Å². The molecule has 0 bridgehead atoms. The van der Waals surface area contributed by atoms with E-state index in [-0.39, 0.29) is 11.8 Å². The summed E-state index contributed by atoms with van der Waals surface area (Å²) in [5.74, 6) is 1.40. The van der Waals surface area contributed by atoms with Gasteiger partial charge in [0, 0.05) is 34.8 Å². The minimum Gasteiger partial charge on any atom is -0.193 e. The minimum absolute atomic E-state index is 0.137. The Morgan fingerprint density at radius 2 is 1.47 bits per heavy atom. The second-order valence-electron chi connectivity index (χ2n) is 9.34. The number of hydrogen-bond donors (Lipinski definition) is 0. The Kier molecular flexibility index (Phi) is 4.48. The Morgan fingerprint density at radius 3 is 2.28 bits per heavy atom. The van der Waals surface area contributed by atoms with Gasteiger partial charge in [-0.05, 0) is 65.2 Å². The third-order valence-corrected chi connectivity index (χ3v) is 7.90. The quantitative estimate of drug-likeness (QED) is 0.518. The monoisotopic (exact) mass is 412 g/mol. The maximum Gasteiger partial charge on any atom is 0.0953 e. The van der Waals surface area contributed by atoms with E-state index in [2.05, 4.69) is 66.8 Å². The van der Waals surface area contributed by atoms with Crippen molar-refractivity contribution < 1.29 is 0 Å². The van der Waals surface area contributed by atoms with Gasteiger partial charge in [-0.15, -0.1) is 0 Å². The van der Waals surface area contributed by atoms with E-state index < -0.39 is 0 Å². The Bertz CT molecular complexity index is 1280. The van der Waals surface area contributed by atoms with Gasteiger partial charge in [-0.3, -0.25) is 0 Å². The van der Waals surface area contributed by atoms with Crippen molar-refractivity contribution >= 4 is 0 Å². The third-order valence-electron chi connectivity index (χ3n) is 7.90. The maximum absolute atomic E-state index is 9.74. The van der Waals surface area contributed by atoms with E-state index in [0.717, 1.165) is 30.4 Å². The molecule has 0 saturated carbocycles. The summed E-state index contributed by atoms with van der Waals surface area (Å²) in [7, 11) is 0. The SMILES string of the molecule is N#CC1=CC=CCC1C1=C2C=CC3=CCC(C4CC=CC=C4C#N)C4=C3C2C(C=C1)C=C4. The van der Waals surface area contributed by atoms with Crippen LogP contribution in [0.15, 0.2) is 118 Å². The van der Waals surface area contributed by atoms with E-state index in [9.17, 15) is 10.5 Å². The van der Waals surface area contributed by atoms with Gasteiger partial charge in [0.25, 0.3) is 0 Å². The molecule has 0 aromatic heterocycles. The highest BCUT2D eigenvalue weighted by molar-refractivity contribution is 5.65. The summed E-state index contributed by atoms with van der Waals surface area (Å²) in [5.41, 5.74) is 8.64. The molecule has 0 aromatic carbocycles. The van der Waals surface area contributed by atoms with E-state index >= 15 is 0 Å². The predicted molar refractivity (Wildman–Crippen MR) is 127 cm³/mol. The highest BCUT2D eigenvalue weighted by Gasteiger charge is 2.42. The van der Waals surface area contributed by atoms with E-state index in [0.29, 0.717) is 17.8 Å². The van der Waals surface area contributed by atoms with Gasteiger partial charge in [0.2, 0.25) is 0 Å². The summed E-state index contributed by atoms with van der Waals surface area (Å²) in [6.07, 6.45) is 31.4. The molecule has 0 amide bonds. The fourth-order valence-electron chi connectivity index (χ4n) is 6.40. The van der Waals surface area contributed by atoms with Crippen molar-refractivity contribution in [3.05, 3.63) is 118 Å². The minimum atomic E-state index is 0.137. The third kappa shape index (κ3) is 2.77. The summed E-state index contributed by atoms with van der Waals surface area (Å²) in [6.45, 7) is 0. The first kappa shape index (κ1) is 19.1. The van der Waals surface area contributed by atoms with E-state index in [4.69, 9.17) is 0 Å². The van der Waals surface area contributed by atoms with E-state index in [1.54, 1.807) is 0 Å². The molecule has 6 aliphatic rings. The van der Waals surface area contributed by atoms with Crippen LogP contribution in [0.3, 0.4) is 0 Å². The van der Waals surface area contributed by atoms with Crippen LogP contribution in [0.25, 0.3) is 0 Å². The zero-order chi connectivity index (χ0) is 21.7. The molecule has 0 spiro atoms. The van der Waals surface area contributed by atoms with Crippen molar-refractivity contribution in [3.63, 3.8) is 0 Å². The molecule has 0 aromatic rings. The summed E-state index contributed by atoms with van der Waals surface area (Å²) < 4.78 is 0. The molecular weight excluding hydrogens is 388 g/mol. The topological polar surface area (TPSA) is 47.6 Å². The summed E-state index contributed by atoms with van der Waals surface area (Å²) >= 11 is 0. The van der Waals surface area contributed by atoms with Gasteiger partial charge in [-0.25, -0.2) is 0 Å². The van der Waals surface area contributed by atoms with Gasteiger partial charge in [0.05, 0.1) is 12.1 Å². The molecule has 6 rings (SSSR count). The van der Waals surface area contributed by atoms with Crippen LogP contribution in [0.1, 0.15) is 19.3 Å². The fraction of sp³-hybridized carbons (Fsp3) is 0.267. The first-order chi connectivity index (χ1) is 15.8. The first-order valence-corrected chi connectivity index (χ1v) is 11.6. The molecule has 0 saturated heterocycles. The van der Waals surface area contributed by atoms with Crippen molar-refractivity contribution in [2.24, 2.45) is 29.6 Å². The summed E-state index contributed by atoms with van der Waals surface area (Å²) in [4.78, 5) is 0. The Balaban J connectivity index is 1.47. The lowest BCUT2D eigenvalue weighted by molar-refractivity contribution is 0.429. The molecule has 0 fully saturated rings. The Hall–Kier alpha value is -3.62. The Labute approximate surface area is 189 Å². The largest absolute Gasteiger partial charge is 0.193 e. The number of rotatable bonds is 2. The highest BCUT2D eigenvalue weighted by atomic mass is 14.5. The van der Waals surface area contributed by atoms with E-state index in [1.165, 1.54) is 27.9 Å². The lowest BCUT2D eigenvalue weighted by atomic mass is 9.60. The number of hydrogen-bond acceptors (Lipinski definition) is 2. The second kappa shape index (κ2) is 7.51. The van der Waals surface area contributed by atoms with Crippen LogP contribution in [0.2, 0.25) is 0 Å². The average molecular weight is 413 g/mol. The molecular formula is C30H24N2. The lowest BCUT2D eigenvalue weighted by Gasteiger charge is -2.44. The van der Waals surface area contributed by atoms with Gasteiger partial charge in [-0.2, -0.15) is 10.5 Å². The zero-order valence-electron chi connectivity index (χ0n) is 17.9. The Morgan fingerprint density at radius 1 is 0.719 bits per heavy atom. The molecule has 154 valence electrons. The van der Waals surface area contributed by atoms with E-state index in [1.807, 2.05) is 24.3 Å². The normalized spacial score (nSPS) is 33.8. The van der Waals surface area contributed by atoms with Crippen molar-refractivity contribution in [2.45, 2.75) is 19.3 Å². The molecule has 0 N–H and O–H groups in total. The predicted octanol–water partition coefficient (Wildman–Crippen LogP) is 6.52. The van der Waals surface area contributed by atoms with Crippen LogP contribution in [0.5, 0.6) is 0 Å². The zero-order valence-corrected chi connectivity index (χ0v) is 17.9. The van der Waals surface area contributed by atoms with Crippen LogP contribution < -0.4 is 0 Å². The van der Waals surface area contributed by atoms with Crippen LogP contribution in [-0.4, -0.2) is 0 Å². The molecule has 32 heavy (non-hydrogen) atoms. The van der Waals surface area contributed by atoms with Crippen molar-refractivity contribution in [1.82, 2.24) is 0 Å². The lowest BCUT2D eigenvalue weighted by Crippen LogP contribution is -2.32. The van der Waals surface area contributed by atoms with Crippen molar-refractivity contribution in [3.8, 4) is 12.1 Å². The molecule has 2 heteroatoms. The van der Waals surface area contributed by atoms with Crippen molar-refractivity contribution in [1.29, 1.82) is 10.5 Å². The molecule has 5 unspecified atom stereocenters. The molecule has 0 aliphatic heterocycles.